The molecule has 1 aromatic heterocycles. The lowest BCUT2D eigenvalue weighted by atomic mass is 10.0. The number of benzene rings is 1. The molecule has 0 radical (unpaired) electrons. The van der Waals surface area contributed by atoms with Gasteiger partial charge in [0.05, 0.1) is 5.69 Å². The first kappa shape index (κ1) is 15.0. The van der Waals surface area contributed by atoms with E-state index in [4.69, 9.17) is 0 Å². The highest BCUT2D eigenvalue weighted by Gasteiger charge is 2.17. The van der Waals surface area contributed by atoms with Crippen LogP contribution >= 0.6 is 0 Å². The molecule has 0 spiro atoms. The van der Waals surface area contributed by atoms with Crippen molar-refractivity contribution in [2.45, 2.75) is 20.3 Å². The van der Waals surface area contributed by atoms with Crippen LogP contribution in [0.4, 0.5) is 0 Å². The topological polar surface area (TPSA) is 16.1 Å². The zero-order chi connectivity index (χ0) is 15.4. The molecule has 0 bridgehead atoms. The number of hydrogen-bond donors (Lipinski definition) is 0. The Morgan fingerprint density at radius 2 is 2.05 bits per heavy atom. The smallest absolute Gasteiger partial charge is 0.0705 e. The fourth-order valence-electron chi connectivity index (χ4n) is 3.04. The van der Waals surface area contributed by atoms with Crippen molar-refractivity contribution in [2.24, 2.45) is 5.92 Å². The maximum atomic E-state index is 4.55. The van der Waals surface area contributed by atoms with Crippen molar-refractivity contribution in [3.8, 4) is 0 Å². The minimum atomic E-state index is 0.825. The van der Waals surface area contributed by atoms with Gasteiger partial charge in [-0.2, -0.15) is 0 Å². The summed E-state index contributed by atoms with van der Waals surface area (Å²) in [6.07, 6.45) is 5.53. The Morgan fingerprint density at radius 1 is 1.23 bits per heavy atom. The second-order valence-electron chi connectivity index (χ2n) is 6.35. The highest BCUT2D eigenvalue weighted by molar-refractivity contribution is 5.78. The number of nitrogens with zero attached hydrogens (tertiary/aromatic N) is 2. The lowest BCUT2D eigenvalue weighted by molar-refractivity contribution is 0.364. The van der Waals surface area contributed by atoms with Crippen LogP contribution < -0.4 is 0 Å². The molecule has 2 heterocycles. The van der Waals surface area contributed by atoms with Crippen molar-refractivity contribution < 1.29 is 0 Å². The fourth-order valence-corrected chi connectivity index (χ4v) is 3.04. The van der Waals surface area contributed by atoms with Gasteiger partial charge in [0.2, 0.25) is 0 Å². The molecule has 2 aromatic rings. The Kier molecular flexibility index (Phi) is 4.69. The highest BCUT2D eigenvalue weighted by Crippen LogP contribution is 2.23. The number of aromatic nitrogens is 1. The predicted octanol–water partition coefficient (Wildman–Crippen LogP) is 4.16. The SMILES string of the molecule is Cc1ccc(/C(=C\CN2CCC(C)C2)c2ccccn2)cc1. The molecule has 1 fully saturated rings. The second-order valence-corrected chi connectivity index (χ2v) is 6.35. The predicted molar refractivity (Wildman–Crippen MR) is 92.7 cm³/mol. The highest BCUT2D eigenvalue weighted by atomic mass is 15.1. The van der Waals surface area contributed by atoms with Crippen LogP contribution in [0, 0.1) is 12.8 Å². The van der Waals surface area contributed by atoms with Gasteiger partial charge in [0.25, 0.3) is 0 Å². The first-order chi connectivity index (χ1) is 10.7. The van der Waals surface area contributed by atoms with Gasteiger partial charge in [-0.3, -0.25) is 9.88 Å². The third-order valence-electron chi connectivity index (χ3n) is 4.37. The van der Waals surface area contributed by atoms with Crippen molar-refractivity contribution in [1.29, 1.82) is 0 Å². The van der Waals surface area contributed by atoms with Crippen LogP contribution in [-0.4, -0.2) is 29.5 Å². The van der Waals surface area contributed by atoms with E-state index in [2.05, 4.69) is 66.2 Å². The molecule has 3 rings (SSSR count). The largest absolute Gasteiger partial charge is 0.299 e. The van der Waals surface area contributed by atoms with Gasteiger partial charge in [-0.05, 0) is 43.5 Å². The maximum Gasteiger partial charge on any atom is 0.0705 e. The van der Waals surface area contributed by atoms with Gasteiger partial charge in [-0.15, -0.1) is 0 Å². The first-order valence-corrected chi connectivity index (χ1v) is 8.13. The minimum Gasteiger partial charge on any atom is -0.299 e. The lowest BCUT2D eigenvalue weighted by Crippen LogP contribution is -2.20. The molecule has 1 unspecified atom stereocenters. The Morgan fingerprint density at radius 3 is 2.68 bits per heavy atom. The molecule has 22 heavy (non-hydrogen) atoms. The molecule has 0 amide bonds. The van der Waals surface area contributed by atoms with E-state index in [0.717, 1.165) is 18.2 Å². The van der Waals surface area contributed by atoms with Crippen LogP contribution in [0.2, 0.25) is 0 Å². The Labute approximate surface area is 133 Å². The van der Waals surface area contributed by atoms with Crippen molar-refractivity contribution in [3.63, 3.8) is 0 Å². The van der Waals surface area contributed by atoms with Crippen LogP contribution in [0.3, 0.4) is 0 Å². The van der Waals surface area contributed by atoms with E-state index in [0.29, 0.717) is 0 Å². The summed E-state index contributed by atoms with van der Waals surface area (Å²) in [6, 6.07) is 14.9. The maximum absolute atomic E-state index is 4.55. The molecule has 114 valence electrons. The summed E-state index contributed by atoms with van der Waals surface area (Å²) in [6.45, 7) is 7.88. The number of aryl methyl sites for hydroxylation is 1. The van der Waals surface area contributed by atoms with E-state index < -0.39 is 0 Å². The van der Waals surface area contributed by atoms with Gasteiger partial charge in [-0.1, -0.05) is 48.9 Å². The van der Waals surface area contributed by atoms with E-state index >= 15 is 0 Å². The van der Waals surface area contributed by atoms with Crippen LogP contribution in [0.25, 0.3) is 5.57 Å². The van der Waals surface area contributed by atoms with Crippen LogP contribution in [0.1, 0.15) is 30.2 Å². The zero-order valence-corrected chi connectivity index (χ0v) is 13.5. The van der Waals surface area contributed by atoms with E-state index in [1.54, 1.807) is 0 Å². The van der Waals surface area contributed by atoms with Crippen LogP contribution in [0.5, 0.6) is 0 Å². The van der Waals surface area contributed by atoms with Crippen molar-refractivity contribution in [3.05, 3.63) is 71.6 Å². The van der Waals surface area contributed by atoms with Gasteiger partial charge >= 0.3 is 0 Å². The summed E-state index contributed by atoms with van der Waals surface area (Å²) in [5, 5.41) is 0. The van der Waals surface area contributed by atoms with E-state index in [1.165, 1.54) is 36.2 Å². The molecule has 1 saturated heterocycles. The molecule has 1 aliphatic heterocycles. The lowest BCUT2D eigenvalue weighted by Gasteiger charge is -2.14. The first-order valence-electron chi connectivity index (χ1n) is 8.13. The van der Waals surface area contributed by atoms with Crippen molar-refractivity contribution in [1.82, 2.24) is 9.88 Å². The molecule has 1 atom stereocenters. The second kappa shape index (κ2) is 6.89. The normalized spacial score (nSPS) is 19.5. The van der Waals surface area contributed by atoms with Crippen LogP contribution in [-0.2, 0) is 0 Å². The van der Waals surface area contributed by atoms with Gasteiger partial charge in [0.1, 0.15) is 0 Å². The van der Waals surface area contributed by atoms with Crippen LogP contribution in [0.15, 0.2) is 54.7 Å². The summed E-state index contributed by atoms with van der Waals surface area (Å²) in [5.41, 5.74) is 4.83. The fraction of sp³-hybridized carbons (Fsp3) is 0.350. The molecule has 2 nitrogen and oxygen atoms in total. The monoisotopic (exact) mass is 292 g/mol. The number of likely N-dealkylation sites (tertiary alicyclic amines) is 1. The molecule has 0 saturated carbocycles. The average molecular weight is 292 g/mol. The van der Waals surface area contributed by atoms with Crippen molar-refractivity contribution >= 4 is 5.57 Å². The average Bonchev–Trinajstić information content (AvgIpc) is 2.96. The zero-order valence-electron chi connectivity index (χ0n) is 13.5. The minimum absolute atomic E-state index is 0.825. The number of hydrogen-bond acceptors (Lipinski definition) is 2. The molecule has 1 aromatic carbocycles. The molecule has 1 aliphatic rings. The standard InChI is InChI=1S/C20H24N2/c1-16-6-8-18(9-7-16)19(20-5-3-4-12-21-20)11-14-22-13-10-17(2)15-22/h3-9,11-12,17H,10,13-15H2,1-2H3/b19-11+. The summed E-state index contributed by atoms with van der Waals surface area (Å²) in [7, 11) is 0. The van der Waals surface area contributed by atoms with Crippen molar-refractivity contribution in [2.75, 3.05) is 19.6 Å². The summed E-state index contributed by atoms with van der Waals surface area (Å²) in [5.74, 6) is 0.825. The number of rotatable bonds is 4. The number of pyridine rings is 1. The summed E-state index contributed by atoms with van der Waals surface area (Å²) < 4.78 is 0. The quantitative estimate of drug-likeness (QED) is 0.841. The van der Waals surface area contributed by atoms with E-state index in [1.807, 2.05) is 12.3 Å². The van der Waals surface area contributed by atoms with E-state index in [9.17, 15) is 0 Å². The third-order valence-corrected chi connectivity index (χ3v) is 4.37. The molecule has 0 aliphatic carbocycles. The van der Waals surface area contributed by atoms with Gasteiger partial charge in [-0.25, -0.2) is 0 Å². The van der Waals surface area contributed by atoms with Gasteiger partial charge in [0, 0.05) is 24.9 Å². The van der Waals surface area contributed by atoms with Gasteiger partial charge < -0.3 is 0 Å². The molecular formula is C20H24N2. The van der Waals surface area contributed by atoms with Gasteiger partial charge in [0.15, 0.2) is 0 Å². The summed E-state index contributed by atoms with van der Waals surface area (Å²) in [4.78, 5) is 7.08. The summed E-state index contributed by atoms with van der Waals surface area (Å²) >= 11 is 0. The molecule has 0 N–H and O–H groups in total. The van der Waals surface area contributed by atoms with E-state index in [-0.39, 0.29) is 0 Å². The Bertz CT molecular complexity index is 629. The Balaban J connectivity index is 1.87. The Hall–Kier alpha value is -1.93. The molecule has 2 heteroatoms. The molecular weight excluding hydrogens is 268 g/mol. The third kappa shape index (κ3) is 3.63.